The van der Waals surface area contributed by atoms with E-state index in [0.29, 0.717) is 5.56 Å². The van der Waals surface area contributed by atoms with Gasteiger partial charge in [-0.15, -0.1) is 0 Å². The Bertz CT molecular complexity index is 452. The van der Waals surface area contributed by atoms with Crippen LogP contribution in [0.1, 0.15) is 22.8 Å². The van der Waals surface area contributed by atoms with Gasteiger partial charge in [0.15, 0.2) is 0 Å². The Morgan fingerprint density at radius 2 is 2.00 bits per heavy atom. The molecule has 2 amide bonds. The second-order valence-electron chi connectivity index (χ2n) is 3.91. The zero-order valence-electron chi connectivity index (χ0n) is 10.1. The van der Waals surface area contributed by atoms with Gasteiger partial charge in [-0.3, -0.25) is 9.59 Å². The van der Waals surface area contributed by atoms with Crippen LogP contribution in [0.3, 0.4) is 0 Å². The fourth-order valence-corrected chi connectivity index (χ4v) is 1.27. The van der Waals surface area contributed by atoms with Gasteiger partial charge in [-0.25, -0.2) is 0 Å². The topological polar surface area (TPSA) is 92.4 Å². The van der Waals surface area contributed by atoms with E-state index in [4.69, 9.17) is 10.8 Å². The van der Waals surface area contributed by atoms with Crippen molar-refractivity contribution in [3.63, 3.8) is 0 Å². The number of primary amides is 1. The molecule has 1 aromatic rings. The average molecular weight is 248 g/mol. The number of hydrogen-bond acceptors (Lipinski definition) is 3. The molecule has 4 N–H and O–H groups in total. The molecule has 1 aromatic carbocycles. The zero-order valence-corrected chi connectivity index (χ0v) is 10.1. The minimum absolute atomic E-state index is 0.104. The van der Waals surface area contributed by atoms with Gasteiger partial charge < -0.3 is 16.2 Å². The number of aliphatic hydroxyl groups excluding tert-OH is 1. The van der Waals surface area contributed by atoms with Crippen LogP contribution in [0.2, 0.25) is 0 Å². The van der Waals surface area contributed by atoms with Gasteiger partial charge in [0.05, 0.1) is 6.61 Å². The largest absolute Gasteiger partial charge is 0.394 e. The smallest absolute Gasteiger partial charge is 0.248 e. The van der Waals surface area contributed by atoms with Crippen LogP contribution in [0.4, 0.5) is 0 Å². The number of carbonyl (C=O) groups excluding carboxylic acids is 2. The summed E-state index contributed by atoms with van der Waals surface area (Å²) >= 11 is 0. The summed E-state index contributed by atoms with van der Waals surface area (Å²) in [7, 11) is 0. The van der Waals surface area contributed by atoms with E-state index in [1.807, 2.05) is 0 Å². The molecule has 0 aliphatic heterocycles. The Kier molecular flexibility index (Phi) is 5.07. The van der Waals surface area contributed by atoms with Crippen LogP contribution in [0.5, 0.6) is 0 Å². The molecule has 0 heterocycles. The minimum atomic E-state index is -0.486. The predicted molar refractivity (Wildman–Crippen MR) is 68.7 cm³/mol. The normalized spacial score (nSPS) is 12.3. The van der Waals surface area contributed by atoms with Gasteiger partial charge in [0.25, 0.3) is 0 Å². The van der Waals surface area contributed by atoms with E-state index in [1.54, 1.807) is 37.3 Å². The quantitative estimate of drug-likeness (QED) is 0.654. The van der Waals surface area contributed by atoms with Crippen LogP contribution in [-0.4, -0.2) is 29.6 Å². The maximum absolute atomic E-state index is 11.4. The first-order valence-electron chi connectivity index (χ1n) is 5.52. The molecule has 0 saturated heterocycles. The highest BCUT2D eigenvalue weighted by molar-refractivity contribution is 5.94. The summed E-state index contributed by atoms with van der Waals surface area (Å²) in [4.78, 5) is 22.2. The summed E-state index contributed by atoms with van der Waals surface area (Å²) in [6.45, 7) is 1.60. The Labute approximate surface area is 105 Å². The summed E-state index contributed by atoms with van der Waals surface area (Å²) in [5, 5.41) is 11.3. The van der Waals surface area contributed by atoms with E-state index >= 15 is 0 Å². The van der Waals surface area contributed by atoms with Gasteiger partial charge in [-0.05, 0) is 30.7 Å². The third kappa shape index (κ3) is 4.39. The molecular weight excluding hydrogens is 232 g/mol. The van der Waals surface area contributed by atoms with Crippen LogP contribution < -0.4 is 11.1 Å². The highest BCUT2D eigenvalue weighted by Gasteiger charge is 2.02. The Hall–Kier alpha value is -2.14. The Morgan fingerprint density at radius 1 is 1.39 bits per heavy atom. The van der Waals surface area contributed by atoms with Crippen molar-refractivity contribution in [2.24, 2.45) is 5.73 Å². The SMILES string of the molecule is C[C@@H](CO)NC(=O)C=Cc1ccc(C(N)=O)cc1. The highest BCUT2D eigenvalue weighted by Crippen LogP contribution is 2.05. The fourth-order valence-electron chi connectivity index (χ4n) is 1.27. The van der Waals surface area contributed by atoms with Crippen molar-refractivity contribution in [3.8, 4) is 0 Å². The van der Waals surface area contributed by atoms with Crippen LogP contribution in [-0.2, 0) is 4.79 Å². The molecule has 96 valence electrons. The zero-order chi connectivity index (χ0) is 13.5. The summed E-state index contributed by atoms with van der Waals surface area (Å²) < 4.78 is 0. The lowest BCUT2D eigenvalue weighted by Crippen LogP contribution is -2.33. The van der Waals surface area contributed by atoms with Crippen molar-refractivity contribution >= 4 is 17.9 Å². The molecule has 5 nitrogen and oxygen atoms in total. The van der Waals surface area contributed by atoms with Crippen LogP contribution >= 0.6 is 0 Å². The standard InChI is InChI=1S/C13H16N2O3/c1-9(8-16)15-12(17)7-4-10-2-5-11(6-3-10)13(14)18/h2-7,9,16H,8H2,1H3,(H2,14,18)(H,15,17)/t9-/m0/s1. The third-order valence-electron chi connectivity index (χ3n) is 2.28. The van der Waals surface area contributed by atoms with Crippen LogP contribution in [0.25, 0.3) is 6.08 Å². The summed E-state index contributed by atoms with van der Waals surface area (Å²) in [6.07, 6.45) is 2.98. The van der Waals surface area contributed by atoms with E-state index in [9.17, 15) is 9.59 Å². The van der Waals surface area contributed by atoms with E-state index in [2.05, 4.69) is 5.32 Å². The fraction of sp³-hybridized carbons (Fsp3) is 0.231. The Morgan fingerprint density at radius 3 is 2.50 bits per heavy atom. The van der Waals surface area contributed by atoms with Crippen molar-refractivity contribution in [2.45, 2.75) is 13.0 Å². The predicted octanol–water partition coefficient (Wildman–Crippen LogP) is 0.296. The van der Waals surface area contributed by atoms with Crippen molar-refractivity contribution in [1.29, 1.82) is 0 Å². The highest BCUT2D eigenvalue weighted by atomic mass is 16.3. The first-order chi connectivity index (χ1) is 8.52. The number of aliphatic hydroxyl groups is 1. The molecule has 0 aliphatic carbocycles. The second kappa shape index (κ2) is 6.56. The molecule has 0 unspecified atom stereocenters. The van der Waals surface area contributed by atoms with E-state index in [1.165, 1.54) is 6.08 Å². The minimum Gasteiger partial charge on any atom is -0.394 e. The molecule has 0 aliphatic rings. The second-order valence-corrected chi connectivity index (χ2v) is 3.91. The first-order valence-corrected chi connectivity index (χ1v) is 5.52. The van der Waals surface area contributed by atoms with Crippen molar-refractivity contribution in [2.75, 3.05) is 6.61 Å². The van der Waals surface area contributed by atoms with Gasteiger partial charge in [0, 0.05) is 17.7 Å². The third-order valence-corrected chi connectivity index (χ3v) is 2.28. The lowest BCUT2D eigenvalue weighted by molar-refractivity contribution is -0.117. The lowest BCUT2D eigenvalue weighted by atomic mass is 10.1. The van der Waals surface area contributed by atoms with Gasteiger partial charge in [-0.1, -0.05) is 12.1 Å². The number of rotatable bonds is 5. The van der Waals surface area contributed by atoms with Gasteiger partial charge in [0.1, 0.15) is 0 Å². The van der Waals surface area contributed by atoms with E-state index < -0.39 is 5.91 Å². The number of benzene rings is 1. The number of nitrogens with one attached hydrogen (secondary N) is 1. The molecule has 0 fully saturated rings. The molecule has 1 atom stereocenters. The monoisotopic (exact) mass is 248 g/mol. The van der Waals surface area contributed by atoms with Crippen molar-refractivity contribution in [3.05, 3.63) is 41.5 Å². The van der Waals surface area contributed by atoms with Gasteiger partial charge >= 0.3 is 0 Å². The number of amides is 2. The van der Waals surface area contributed by atoms with Crippen molar-refractivity contribution < 1.29 is 14.7 Å². The van der Waals surface area contributed by atoms with Gasteiger partial charge in [0.2, 0.25) is 11.8 Å². The first kappa shape index (κ1) is 13.9. The number of nitrogens with two attached hydrogens (primary N) is 1. The van der Waals surface area contributed by atoms with Crippen molar-refractivity contribution in [1.82, 2.24) is 5.32 Å². The lowest BCUT2D eigenvalue weighted by Gasteiger charge is -2.07. The summed E-state index contributed by atoms with van der Waals surface area (Å²) in [5.74, 6) is -0.768. The molecular formula is C13H16N2O3. The summed E-state index contributed by atoms with van der Waals surface area (Å²) in [5.41, 5.74) is 6.32. The van der Waals surface area contributed by atoms with Crippen LogP contribution in [0.15, 0.2) is 30.3 Å². The molecule has 1 rings (SSSR count). The summed E-state index contributed by atoms with van der Waals surface area (Å²) in [6, 6.07) is 6.30. The van der Waals surface area contributed by atoms with E-state index in [-0.39, 0.29) is 18.6 Å². The Balaban J connectivity index is 2.61. The number of hydrogen-bond donors (Lipinski definition) is 3. The van der Waals surface area contributed by atoms with E-state index in [0.717, 1.165) is 5.56 Å². The molecule has 0 saturated carbocycles. The maximum atomic E-state index is 11.4. The average Bonchev–Trinajstić information content (AvgIpc) is 2.36. The molecule has 5 heteroatoms. The maximum Gasteiger partial charge on any atom is 0.248 e. The molecule has 0 aromatic heterocycles. The molecule has 0 radical (unpaired) electrons. The molecule has 0 spiro atoms. The molecule has 18 heavy (non-hydrogen) atoms. The van der Waals surface area contributed by atoms with Gasteiger partial charge in [-0.2, -0.15) is 0 Å². The number of carbonyl (C=O) groups is 2. The molecule has 0 bridgehead atoms. The van der Waals surface area contributed by atoms with Crippen LogP contribution in [0, 0.1) is 0 Å².